The molecule has 108 valence electrons. The van der Waals surface area contributed by atoms with Crippen LogP contribution >= 0.6 is 0 Å². The second kappa shape index (κ2) is 5.54. The Kier molecular flexibility index (Phi) is 3.80. The molecule has 0 saturated heterocycles. The van der Waals surface area contributed by atoms with E-state index >= 15 is 0 Å². The summed E-state index contributed by atoms with van der Waals surface area (Å²) in [5.41, 5.74) is 0.453. The lowest BCUT2D eigenvalue weighted by Crippen LogP contribution is -2.15. The number of aromatic hydroxyl groups is 2. The minimum Gasteiger partial charge on any atom is -0.504 e. The zero-order valence-corrected chi connectivity index (χ0v) is 11.1. The van der Waals surface area contributed by atoms with Crippen LogP contribution in [0.2, 0.25) is 0 Å². The predicted molar refractivity (Wildman–Crippen MR) is 75.9 cm³/mol. The number of carbonyl (C=O) groups is 2. The predicted octanol–water partition coefficient (Wildman–Crippen LogP) is 2.36. The molecule has 0 aliphatic rings. The van der Waals surface area contributed by atoms with Crippen LogP contribution in [-0.2, 0) is 0 Å². The Labute approximate surface area is 120 Å². The first-order chi connectivity index (χ1) is 9.91. The fourth-order valence-electron chi connectivity index (χ4n) is 1.96. The van der Waals surface area contributed by atoms with Gasteiger partial charge in [-0.3, -0.25) is 4.79 Å². The van der Waals surface area contributed by atoms with Crippen molar-refractivity contribution in [1.29, 1.82) is 0 Å². The van der Waals surface area contributed by atoms with Crippen LogP contribution in [0.4, 0.5) is 5.69 Å². The molecule has 6 heteroatoms. The Morgan fingerprint density at radius 3 is 2.38 bits per heavy atom. The minimum atomic E-state index is -1.16. The van der Waals surface area contributed by atoms with Crippen molar-refractivity contribution < 1.29 is 24.9 Å². The molecular weight excluding hydrogens is 274 g/mol. The molecule has 1 amide bonds. The lowest BCUT2D eigenvalue weighted by molar-refractivity contribution is 0.0697. The molecule has 0 saturated carbocycles. The van der Waals surface area contributed by atoms with Crippen LogP contribution in [0, 0.1) is 6.92 Å². The molecule has 0 fully saturated rings. The fourth-order valence-corrected chi connectivity index (χ4v) is 1.96. The number of carboxylic acid groups (broad SMARTS) is 1. The number of aryl methyl sites for hydroxylation is 1. The van der Waals surface area contributed by atoms with E-state index in [1.54, 1.807) is 19.1 Å². The van der Waals surface area contributed by atoms with Gasteiger partial charge in [-0.1, -0.05) is 18.2 Å². The highest BCUT2D eigenvalue weighted by molar-refractivity contribution is 6.09. The molecule has 2 aromatic rings. The van der Waals surface area contributed by atoms with Crippen LogP contribution in [0.3, 0.4) is 0 Å². The number of amides is 1. The number of phenolic OH excluding ortho intramolecular Hbond substituents is 2. The van der Waals surface area contributed by atoms with Gasteiger partial charge in [0.05, 0.1) is 16.8 Å². The Bertz CT molecular complexity index is 724. The number of aromatic carboxylic acids is 1. The maximum atomic E-state index is 12.1. The van der Waals surface area contributed by atoms with Crippen LogP contribution in [0.5, 0.6) is 11.5 Å². The van der Waals surface area contributed by atoms with Crippen molar-refractivity contribution in [3.8, 4) is 11.5 Å². The SMILES string of the molecule is Cc1cccc(NC(=O)c2cccc(O)c2O)c1C(=O)O. The number of anilines is 1. The third-order valence-electron chi connectivity index (χ3n) is 2.99. The van der Waals surface area contributed by atoms with Gasteiger partial charge in [0.1, 0.15) is 0 Å². The van der Waals surface area contributed by atoms with E-state index in [0.717, 1.165) is 0 Å². The van der Waals surface area contributed by atoms with E-state index in [2.05, 4.69) is 5.32 Å². The minimum absolute atomic E-state index is 0.0227. The van der Waals surface area contributed by atoms with Crippen LogP contribution < -0.4 is 5.32 Å². The van der Waals surface area contributed by atoms with Gasteiger partial charge in [-0.15, -0.1) is 0 Å². The highest BCUT2D eigenvalue weighted by Gasteiger charge is 2.18. The highest BCUT2D eigenvalue weighted by atomic mass is 16.4. The van der Waals surface area contributed by atoms with Crippen molar-refractivity contribution in [1.82, 2.24) is 0 Å². The van der Waals surface area contributed by atoms with Gasteiger partial charge in [0.2, 0.25) is 0 Å². The van der Waals surface area contributed by atoms with Crippen LogP contribution in [0.15, 0.2) is 36.4 Å². The van der Waals surface area contributed by atoms with Crippen molar-refractivity contribution in [2.75, 3.05) is 5.32 Å². The zero-order chi connectivity index (χ0) is 15.6. The normalized spacial score (nSPS) is 10.1. The summed E-state index contributed by atoms with van der Waals surface area (Å²) in [6.07, 6.45) is 0. The topological polar surface area (TPSA) is 107 Å². The van der Waals surface area contributed by atoms with Gasteiger partial charge in [-0.2, -0.15) is 0 Å². The Hall–Kier alpha value is -3.02. The molecule has 0 bridgehead atoms. The molecule has 0 atom stereocenters. The zero-order valence-electron chi connectivity index (χ0n) is 11.1. The third-order valence-corrected chi connectivity index (χ3v) is 2.99. The highest BCUT2D eigenvalue weighted by Crippen LogP contribution is 2.29. The fraction of sp³-hybridized carbons (Fsp3) is 0.0667. The number of hydrogen-bond donors (Lipinski definition) is 4. The molecule has 6 nitrogen and oxygen atoms in total. The first-order valence-corrected chi connectivity index (χ1v) is 6.07. The van der Waals surface area contributed by atoms with Crippen LogP contribution in [0.25, 0.3) is 0 Å². The van der Waals surface area contributed by atoms with E-state index in [-0.39, 0.29) is 16.8 Å². The van der Waals surface area contributed by atoms with Crippen molar-refractivity contribution >= 4 is 17.6 Å². The number of para-hydroxylation sites is 1. The first-order valence-electron chi connectivity index (χ1n) is 6.07. The number of carboxylic acids is 1. The summed E-state index contributed by atoms with van der Waals surface area (Å²) in [6, 6.07) is 8.64. The van der Waals surface area contributed by atoms with Gasteiger partial charge in [-0.05, 0) is 30.7 Å². The van der Waals surface area contributed by atoms with E-state index in [1.807, 2.05) is 0 Å². The molecule has 0 unspecified atom stereocenters. The maximum Gasteiger partial charge on any atom is 0.338 e. The monoisotopic (exact) mass is 287 g/mol. The van der Waals surface area contributed by atoms with Gasteiger partial charge in [0.25, 0.3) is 5.91 Å². The van der Waals surface area contributed by atoms with E-state index in [9.17, 15) is 24.9 Å². The average molecular weight is 287 g/mol. The molecular formula is C15H13NO5. The number of hydrogen-bond acceptors (Lipinski definition) is 4. The van der Waals surface area contributed by atoms with Gasteiger partial charge < -0.3 is 20.6 Å². The molecule has 0 spiro atoms. The van der Waals surface area contributed by atoms with Crippen molar-refractivity contribution in [2.24, 2.45) is 0 Å². The molecule has 4 N–H and O–H groups in total. The molecule has 0 heterocycles. The summed E-state index contributed by atoms with van der Waals surface area (Å²) < 4.78 is 0. The summed E-state index contributed by atoms with van der Waals surface area (Å²) in [5.74, 6) is -2.86. The molecule has 0 aliphatic carbocycles. The number of benzene rings is 2. The van der Waals surface area contributed by atoms with Crippen LogP contribution in [-0.4, -0.2) is 27.2 Å². The molecule has 21 heavy (non-hydrogen) atoms. The summed E-state index contributed by atoms with van der Waals surface area (Å²) in [7, 11) is 0. The lowest BCUT2D eigenvalue weighted by Gasteiger charge is -2.11. The summed E-state index contributed by atoms with van der Waals surface area (Å²) in [6.45, 7) is 1.62. The molecule has 2 rings (SSSR count). The molecule has 0 radical (unpaired) electrons. The largest absolute Gasteiger partial charge is 0.504 e. The second-order valence-electron chi connectivity index (χ2n) is 4.43. The molecule has 0 aromatic heterocycles. The van der Waals surface area contributed by atoms with Gasteiger partial charge in [0, 0.05) is 0 Å². The first kappa shape index (κ1) is 14.4. The number of phenols is 2. The van der Waals surface area contributed by atoms with E-state index in [0.29, 0.717) is 5.56 Å². The van der Waals surface area contributed by atoms with E-state index in [4.69, 9.17) is 0 Å². The van der Waals surface area contributed by atoms with E-state index < -0.39 is 23.4 Å². The third kappa shape index (κ3) is 2.79. The van der Waals surface area contributed by atoms with Crippen LogP contribution in [0.1, 0.15) is 26.3 Å². The Balaban J connectivity index is 2.39. The van der Waals surface area contributed by atoms with Crippen molar-refractivity contribution in [3.63, 3.8) is 0 Å². The van der Waals surface area contributed by atoms with Crippen molar-refractivity contribution in [3.05, 3.63) is 53.1 Å². The molecule has 0 aliphatic heterocycles. The van der Waals surface area contributed by atoms with Gasteiger partial charge in [0.15, 0.2) is 11.5 Å². The molecule has 2 aromatic carbocycles. The summed E-state index contributed by atoms with van der Waals surface area (Å²) in [5, 5.41) is 30.6. The van der Waals surface area contributed by atoms with E-state index in [1.165, 1.54) is 24.3 Å². The van der Waals surface area contributed by atoms with Gasteiger partial charge >= 0.3 is 5.97 Å². The Morgan fingerprint density at radius 1 is 1.05 bits per heavy atom. The second-order valence-corrected chi connectivity index (χ2v) is 4.43. The number of carbonyl (C=O) groups excluding carboxylic acids is 1. The summed E-state index contributed by atoms with van der Waals surface area (Å²) >= 11 is 0. The smallest absolute Gasteiger partial charge is 0.338 e. The van der Waals surface area contributed by atoms with Crippen molar-refractivity contribution in [2.45, 2.75) is 6.92 Å². The lowest BCUT2D eigenvalue weighted by atomic mass is 10.1. The number of nitrogens with one attached hydrogen (secondary N) is 1. The summed E-state index contributed by atoms with van der Waals surface area (Å²) in [4.78, 5) is 23.3. The Morgan fingerprint density at radius 2 is 1.71 bits per heavy atom. The van der Waals surface area contributed by atoms with Gasteiger partial charge in [-0.25, -0.2) is 4.79 Å². The standard InChI is InChI=1S/C15H13NO5/c1-8-4-2-6-10(12(8)15(20)21)16-14(19)9-5-3-7-11(17)13(9)18/h2-7,17-18H,1H3,(H,16,19)(H,20,21). The number of rotatable bonds is 3. The quantitative estimate of drug-likeness (QED) is 0.648. The average Bonchev–Trinajstić information content (AvgIpc) is 2.41. The maximum absolute atomic E-state index is 12.1.